The van der Waals surface area contributed by atoms with E-state index in [-0.39, 0.29) is 0 Å². The van der Waals surface area contributed by atoms with Gasteiger partial charge >= 0.3 is 0 Å². The number of benzene rings is 2. The molecule has 120 valence electrons. The summed E-state index contributed by atoms with van der Waals surface area (Å²) in [4.78, 5) is 0. The third-order valence-corrected chi connectivity index (χ3v) is 4.91. The van der Waals surface area contributed by atoms with Crippen LogP contribution >= 0.6 is 64.1 Å². The van der Waals surface area contributed by atoms with Gasteiger partial charge in [-0.2, -0.15) is 0 Å². The number of hydrogen-bond donors (Lipinski definition) is 0. The van der Waals surface area contributed by atoms with E-state index >= 15 is 0 Å². The van der Waals surface area contributed by atoms with Gasteiger partial charge < -0.3 is 4.57 Å². The average Bonchev–Trinajstić information content (AvgIpc) is 2.38. The molecule has 7 heteroatoms. The molecule has 2 rings (SSSR count). The molecule has 0 spiro atoms. The Balaban J connectivity index is 0.000000422. The molecule has 0 saturated heterocycles. The van der Waals surface area contributed by atoms with Crippen molar-refractivity contribution in [2.24, 2.45) is 0 Å². The monoisotopic (exact) mass is 416 g/mol. The highest BCUT2D eigenvalue weighted by Crippen LogP contribution is 2.56. The highest BCUT2D eigenvalue weighted by Gasteiger charge is 2.19. The van der Waals surface area contributed by atoms with Crippen LogP contribution in [-0.4, -0.2) is 3.25 Å². The molecular weight excluding hydrogens is 404 g/mol. The zero-order valence-corrected chi connectivity index (χ0v) is 16.1. The zero-order chi connectivity index (χ0) is 16.6. The van der Waals surface area contributed by atoms with Gasteiger partial charge in [0.2, 0.25) is 0 Å². The summed E-state index contributed by atoms with van der Waals surface area (Å²) in [5.41, 5.74) is 2.06. The van der Waals surface area contributed by atoms with E-state index in [1.807, 2.05) is 60.7 Å². The van der Waals surface area contributed by atoms with Crippen molar-refractivity contribution in [3.8, 4) is 0 Å². The molecule has 0 saturated carbocycles. The van der Waals surface area contributed by atoms with Crippen molar-refractivity contribution in [3.05, 3.63) is 71.8 Å². The minimum absolute atomic E-state index is 0.449. The van der Waals surface area contributed by atoms with E-state index in [2.05, 4.69) is 0 Å². The van der Waals surface area contributed by atoms with Crippen LogP contribution in [0.4, 0.5) is 0 Å². The second kappa shape index (κ2) is 9.42. The number of rotatable bonds is 4. The number of halogens is 5. The van der Waals surface area contributed by atoms with E-state index in [0.29, 0.717) is 12.3 Å². The molecule has 0 aliphatic heterocycles. The van der Waals surface area contributed by atoms with Crippen molar-refractivity contribution in [2.75, 3.05) is 0 Å². The van der Waals surface area contributed by atoms with Gasteiger partial charge in [-0.1, -0.05) is 118 Å². The molecule has 0 radical (unpaired) electrons. The Morgan fingerprint density at radius 3 is 1.27 bits per heavy atom. The first-order chi connectivity index (χ1) is 10.2. The van der Waals surface area contributed by atoms with Crippen molar-refractivity contribution >= 4 is 64.1 Å². The van der Waals surface area contributed by atoms with E-state index in [1.165, 1.54) is 0 Å². The van der Waals surface area contributed by atoms with Crippen LogP contribution in [0.15, 0.2) is 60.7 Å². The normalized spacial score (nSPS) is 11.5. The van der Waals surface area contributed by atoms with Gasteiger partial charge in [0, 0.05) is 12.3 Å². The number of hydrogen-bond acceptors (Lipinski definition) is 1. The van der Waals surface area contributed by atoms with Crippen LogP contribution in [0.1, 0.15) is 11.1 Å². The first-order valence-electron chi connectivity index (χ1n) is 6.27. The first kappa shape index (κ1) is 20.2. The Morgan fingerprint density at radius 1 is 0.727 bits per heavy atom. The Hall–Kier alpha value is 0.120. The third kappa shape index (κ3) is 10.8. The van der Waals surface area contributed by atoms with Gasteiger partial charge in [-0.05, 0) is 11.1 Å². The summed E-state index contributed by atoms with van der Waals surface area (Å²) in [7, 11) is 0. The molecule has 0 aromatic heterocycles. The fourth-order valence-corrected chi connectivity index (χ4v) is 4.22. The van der Waals surface area contributed by atoms with Crippen molar-refractivity contribution in [1.82, 2.24) is 0 Å². The summed E-state index contributed by atoms with van der Waals surface area (Å²) in [5, 5.41) is 0. The summed E-state index contributed by atoms with van der Waals surface area (Å²) in [5.74, 6) is 0. The lowest BCUT2D eigenvalue weighted by atomic mass is 10.2. The second-order valence-corrected chi connectivity index (χ2v) is 12.0. The molecule has 0 N–H and O–H groups in total. The molecule has 0 fully saturated rings. The van der Waals surface area contributed by atoms with Crippen LogP contribution in [-0.2, 0) is 16.9 Å². The molecule has 0 aliphatic carbocycles. The minimum atomic E-state index is -2.66. The lowest BCUT2D eigenvalue weighted by Gasteiger charge is -2.10. The Labute approximate surface area is 155 Å². The molecule has 0 bridgehead atoms. The van der Waals surface area contributed by atoms with E-state index in [4.69, 9.17) is 57.6 Å². The third-order valence-electron chi connectivity index (χ3n) is 2.52. The van der Waals surface area contributed by atoms with Gasteiger partial charge in [-0.3, -0.25) is 0 Å². The topological polar surface area (TPSA) is 17.1 Å². The average molecular weight is 419 g/mol. The lowest BCUT2D eigenvalue weighted by molar-refractivity contribution is 0.583. The smallest absolute Gasteiger partial charge is 0.266 e. The van der Waals surface area contributed by atoms with Crippen LogP contribution in [0, 0.1) is 0 Å². The van der Waals surface area contributed by atoms with Crippen LogP contribution in [0.3, 0.4) is 0 Å². The highest BCUT2D eigenvalue weighted by atomic mass is 35.7. The molecule has 22 heavy (non-hydrogen) atoms. The molecule has 0 unspecified atom stereocenters. The maximum atomic E-state index is 12.3. The molecule has 2 aromatic carbocycles. The minimum Gasteiger partial charge on any atom is -0.306 e. The number of alkyl halides is 4. The maximum absolute atomic E-state index is 12.3. The van der Waals surface area contributed by atoms with Gasteiger partial charge in [0.1, 0.15) is 0 Å². The van der Waals surface area contributed by atoms with Crippen LogP contribution in [0.2, 0.25) is 0 Å². The molecular formula is C15H14Cl5OP. The predicted molar refractivity (Wildman–Crippen MR) is 99.9 cm³/mol. The van der Waals surface area contributed by atoms with E-state index < -0.39 is 9.75 Å². The molecule has 0 atom stereocenters. The van der Waals surface area contributed by atoms with Crippen molar-refractivity contribution in [3.63, 3.8) is 0 Å². The SMILES string of the molecule is ClC(Cl)(Cl)Cl.O=P(Cl)(Cc1ccccc1)Cc1ccccc1. The van der Waals surface area contributed by atoms with Crippen LogP contribution in [0.25, 0.3) is 0 Å². The highest BCUT2D eigenvalue weighted by molar-refractivity contribution is 7.87. The Kier molecular flexibility index (Phi) is 8.64. The van der Waals surface area contributed by atoms with Gasteiger partial charge in [0.15, 0.2) is 6.49 Å². The molecule has 0 amide bonds. The maximum Gasteiger partial charge on any atom is 0.266 e. The summed E-state index contributed by atoms with van der Waals surface area (Å²) >= 11 is 25.5. The Morgan fingerprint density at radius 2 is 1.00 bits per heavy atom. The van der Waals surface area contributed by atoms with Crippen molar-refractivity contribution < 1.29 is 4.57 Å². The molecule has 2 aromatic rings. The van der Waals surface area contributed by atoms with E-state index in [0.717, 1.165) is 11.1 Å². The first-order valence-corrected chi connectivity index (χ1v) is 10.8. The van der Waals surface area contributed by atoms with Gasteiger partial charge in [-0.15, -0.1) is 0 Å². The lowest BCUT2D eigenvalue weighted by Crippen LogP contribution is -1.88. The fraction of sp³-hybridized carbons (Fsp3) is 0.200. The summed E-state index contributed by atoms with van der Waals surface area (Å²) in [6, 6.07) is 19.5. The standard InChI is InChI=1S/C14H14ClOP.CCl4/c15-17(16,11-13-7-3-1-4-8-13)12-14-9-5-2-6-10-14;2-1(3,4)5/h1-10H,11-12H2;. The second-order valence-electron chi connectivity index (χ2n) is 4.51. The van der Waals surface area contributed by atoms with Crippen LogP contribution in [0.5, 0.6) is 0 Å². The predicted octanol–water partition coefficient (Wildman–Crippen LogP) is 7.46. The zero-order valence-electron chi connectivity index (χ0n) is 11.4. The fourth-order valence-electron chi connectivity index (χ4n) is 1.77. The van der Waals surface area contributed by atoms with Gasteiger partial charge in [0.05, 0.1) is 0 Å². The van der Waals surface area contributed by atoms with Crippen molar-refractivity contribution in [1.29, 1.82) is 0 Å². The summed E-state index contributed by atoms with van der Waals surface area (Å²) < 4.78 is 10.7. The molecule has 0 heterocycles. The van der Waals surface area contributed by atoms with Crippen molar-refractivity contribution in [2.45, 2.75) is 15.6 Å². The van der Waals surface area contributed by atoms with Crippen LogP contribution < -0.4 is 0 Å². The van der Waals surface area contributed by atoms with Gasteiger partial charge in [-0.25, -0.2) is 0 Å². The largest absolute Gasteiger partial charge is 0.306 e. The van der Waals surface area contributed by atoms with Gasteiger partial charge in [0.25, 0.3) is 3.25 Å². The summed E-state index contributed by atoms with van der Waals surface area (Å²) in [6.07, 6.45) is 0.897. The van der Waals surface area contributed by atoms with E-state index in [1.54, 1.807) is 0 Å². The quantitative estimate of drug-likeness (QED) is 0.372. The molecule has 1 nitrogen and oxygen atoms in total. The summed E-state index contributed by atoms with van der Waals surface area (Å²) in [6.45, 7) is -2.66. The Bertz CT molecular complexity index is 547. The molecule has 0 aliphatic rings. The van der Waals surface area contributed by atoms with E-state index in [9.17, 15) is 4.57 Å².